The van der Waals surface area contributed by atoms with Crippen LogP contribution in [0.2, 0.25) is 0 Å². The molecule has 0 atom stereocenters. The minimum Gasteiger partial charge on any atom is -0.493 e. The molecule has 0 aliphatic heterocycles. The van der Waals surface area contributed by atoms with E-state index in [0.29, 0.717) is 56.9 Å². The fourth-order valence-electron chi connectivity index (χ4n) is 3.52. The Labute approximate surface area is 177 Å². The van der Waals surface area contributed by atoms with Crippen LogP contribution in [0.1, 0.15) is 11.3 Å². The summed E-state index contributed by atoms with van der Waals surface area (Å²) in [6.07, 6.45) is 0.362. The van der Waals surface area contributed by atoms with Crippen molar-refractivity contribution in [3.63, 3.8) is 0 Å². The first-order valence-corrected chi connectivity index (χ1v) is 9.48. The second kappa shape index (κ2) is 7.98. The number of anilines is 2. The van der Waals surface area contributed by atoms with Gasteiger partial charge in [0.25, 0.3) is 5.56 Å². The van der Waals surface area contributed by atoms with Crippen molar-refractivity contribution in [1.29, 1.82) is 0 Å². The van der Waals surface area contributed by atoms with E-state index in [4.69, 9.17) is 20.9 Å². The summed E-state index contributed by atoms with van der Waals surface area (Å²) < 4.78 is 25.2. The van der Waals surface area contributed by atoms with Gasteiger partial charge in [-0.1, -0.05) is 12.1 Å². The molecule has 0 aliphatic rings. The third kappa shape index (κ3) is 3.75. The molecule has 158 valence electrons. The maximum absolute atomic E-state index is 14.5. The van der Waals surface area contributed by atoms with Crippen LogP contribution < -0.4 is 26.5 Å². The zero-order chi connectivity index (χ0) is 22.1. The number of H-pyrrole nitrogens is 1. The number of halogens is 1. The Hall–Kier alpha value is -4.07. The number of methoxy groups -OCH3 is 2. The van der Waals surface area contributed by atoms with Crippen LogP contribution in [0.5, 0.6) is 11.5 Å². The highest BCUT2D eigenvalue weighted by Crippen LogP contribution is 2.33. The Kier molecular flexibility index (Phi) is 5.21. The van der Waals surface area contributed by atoms with Crippen LogP contribution in [0.15, 0.2) is 53.3 Å². The van der Waals surface area contributed by atoms with E-state index in [9.17, 15) is 9.18 Å². The summed E-state index contributed by atoms with van der Waals surface area (Å²) in [5, 5.41) is 7.79. The summed E-state index contributed by atoms with van der Waals surface area (Å²) in [6.45, 7) is 0. The normalized spacial score (nSPS) is 10.9. The van der Waals surface area contributed by atoms with Gasteiger partial charge < -0.3 is 20.9 Å². The van der Waals surface area contributed by atoms with Crippen LogP contribution in [0.25, 0.3) is 21.9 Å². The van der Waals surface area contributed by atoms with Crippen molar-refractivity contribution in [1.82, 2.24) is 10.2 Å². The molecule has 0 radical (unpaired) electrons. The van der Waals surface area contributed by atoms with Crippen molar-refractivity contribution in [3.8, 4) is 22.6 Å². The van der Waals surface area contributed by atoms with Crippen molar-refractivity contribution in [3.05, 3.63) is 76.0 Å². The van der Waals surface area contributed by atoms with Crippen molar-refractivity contribution in [2.45, 2.75) is 6.42 Å². The largest absolute Gasteiger partial charge is 0.493 e. The average Bonchev–Trinajstić information content (AvgIpc) is 2.78. The fourth-order valence-corrected chi connectivity index (χ4v) is 3.52. The van der Waals surface area contributed by atoms with E-state index in [1.807, 2.05) is 0 Å². The van der Waals surface area contributed by atoms with Crippen molar-refractivity contribution < 1.29 is 13.9 Å². The van der Waals surface area contributed by atoms with E-state index >= 15 is 0 Å². The molecule has 1 heterocycles. The van der Waals surface area contributed by atoms with Crippen molar-refractivity contribution in [2.75, 3.05) is 25.7 Å². The third-order valence-corrected chi connectivity index (χ3v) is 5.17. The van der Waals surface area contributed by atoms with Crippen LogP contribution in [0.4, 0.5) is 15.8 Å². The van der Waals surface area contributed by atoms with Gasteiger partial charge in [0, 0.05) is 17.4 Å². The van der Waals surface area contributed by atoms with E-state index in [2.05, 4.69) is 10.2 Å². The Morgan fingerprint density at radius 3 is 2.32 bits per heavy atom. The molecule has 4 aromatic rings. The number of benzene rings is 3. The van der Waals surface area contributed by atoms with Crippen LogP contribution in [-0.2, 0) is 6.42 Å². The number of ether oxygens (including phenoxy) is 2. The highest BCUT2D eigenvalue weighted by atomic mass is 19.1. The molecule has 1 aromatic heterocycles. The third-order valence-electron chi connectivity index (χ3n) is 5.17. The Bertz CT molecular complexity index is 1350. The smallest absolute Gasteiger partial charge is 0.272 e. The van der Waals surface area contributed by atoms with Gasteiger partial charge in [0.2, 0.25) is 0 Å². The SMILES string of the molecule is COc1cc2c(Cc3ccc(F)c(-c4ccc(N)c(N)c4)c3)n[nH]c(=O)c2cc1OC. The van der Waals surface area contributed by atoms with E-state index in [1.165, 1.54) is 20.3 Å². The number of aromatic nitrogens is 2. The molecule has 3 aromatic carbocycles. The van der Waals surface area contributed by atoms with Crippen LogP contribution in [-0.4, -0.2) is 24.4 Å². The predicted octanol–water partition coefficient (Wildman–Crippen LogP) is 3.50. The minimum absolute atomic E-state index is 0.336. The van der Waals surface area contributed by atoms with Gasteiger partial charge in [0.05, 0.1) is 36.7 Å². The zero-order valence-corrected chi connectivity index (χ0v) is 17.0. The molecule has 31 heavy (non-hydrogen) atoms. The second-order valence-corrected chi connectivity index (χ2v) is 7.09. The van der Waals surface area contributed by atoms with Gasteiger partial charge in [-0.25, -0.2) is 9.49 Å². The molecule has 0 saturated heterocycles. The Morgan fingerprint density at radius 1 is 0.935 bits per heavy atom. The number of nitrogens with zero attached hydrogens (tertiary/aromatic N) is 1. The fraction of sp³-hybridized carbons (Fsp3) is 0.130. The van der Waals surface area contributed by atoms with Gasteiger partial charge in [-0.15, -0.1) is 0 Å². The summed E-state index contributed by atoms with van der Waals surface area (Å²) in [4.78, 5) is 12.3. The van der Waals surface area contributed by atoms with Gasteiger partial charge >= 0.3 is 0 Å². The molecule has 0 fully saturated rings. The number of nitrogen functional groups attached to an aromatic ring is 2. The number of nitrogens with two attached hydrogens (primary N) is 2. The lowest BCUT2D eigenvalue weighted by Crippen LogP contribution is -2.12. The first-order chi connectivity index (χ1) is 14.9. The van der Waals surface area contributed by atoms with Crippen molar-refractivity contribution in [2.24, 2.45) is 0 Å². The molecule has 0 saturated carbocycles. The number of fused-ring (bicyclic) bond motifs is 1. The zero-order valence-electron chi connectivity index (χ0n) is 17.0. The van der Waals surface area contributed by atoms with E-state index in [0.717, 1.165) is 5.56 Å². The second-order valence-electron chi connectivity index (χ2n) is 7.09. The lowest BCUT2D eigenvalue weighted by atomic mass is 9.98. The maximum atomic E-state index is 14.5. The van der Waals surface area contributed by atoms with Crippen LogP contribution in [0, 0.1) is 5.82 Å². The maximum Gasteiger partial charge on any atom is 0.272 e. The molecule has 0 unspecified atom stereocenters. The number of hydrogen-bond acceptors (Lipinski definition) is 6. The first-order valence-electron chi connectivity index (χ1n) is 9.48. The summed E-state index contributed by atoms with van der Waals surface area (Å²) in [5.41, 5.74) is 14.6. The average molecular weight is 420 g/mol. The lowest BCUT2D eigenvalue weighted by molar-refractivity contribution is 0.356. The first kappa shape index (κ1) is 20.2. The quantitative estimate of drug-likeness (QED) is 0.426. The molecule has 0 bridgehead atoms. The van der Waals surface area contributed by atoms with Crippen molar-refractivity contribution >= 4 is 22.1 Å². The topological polar surface area (TPSA) is 116 Å². The molecule has 7 nitrogen and oxygen atoms in total. The number of aromatic amines is 1. The standard InChI is InChI=1S/C23H21FN4O3/c1-30-21-10-15-16(11-22(21)31-2)23(29)28-27-20(15)8-12-3-5-17(24)14(7-12)13-4-6-18(25)19(26)9-13/h3-7,9-11H,8,25-26H2,1-2H3,(H,28,29). The highest BCUT2D eigenvalue weighted by molar-refractivity contribution is 5.87. The highest BCUT2D eigenvalue weighted by Gasteiger charge is 2.15. The van der Waals surface area contributed by atoms with Gasteiger partial charge in [-0.2, -0.15) is 5.10 Å². The molecular weight excluding hydrogens is 399 g/mol. The van der Waals surface area contributed by atoms with E-state index in [-0.39, 0.29) is 11.4 Å². The Balaban J connectivity index is 1.80. The molecule has 0 amide bonds. The van der Waals surface area contributed by atoms with Gasteiger partial charge in [-0.05, 0) is 47.5 Å². The van der Waals surface area contributed by atoms with E-state index < -0.39 is 0 Å². The van der Waals surface area contributed by atoms with Gasteiger partial charge in [0.1, 0.15) is 5.82 Å². The molecule has 5 N–H and O–H groups in total. The minimum atomic E-state index is -0.376. The Morgan fingerprint density at radius 2 is 1.65 bits per heavy atom. The summed E-state index contributed by atoms with van der Waals surface area (Å²) in [6, 6.07) is 13.2. The monoisotopic (exact) mass is 420 g/mol. The van der Waals surface area contributed by atoms with Gasteiger partial charge in [-0.3, -0.25) is 4.79 Å². The molecule has 8 heteroatoms. The molecule has 0 aliphatic carbocycles. The molecule has 0 spiro atoms. The molecular formula is C23H21FN4O3. The summed E-state index contributed by atoms with van der Waals surface area (Å²) >= 11 is 0. The van der Waals surface area contributed by atoms with Crippen LogP contribution in [0.3, 0.4) is 0 Å². The van der Waals surface area contributed by atoms with Gasteiger partial charge in [0.15, 0.2) is 11.5 Å². The number of rotatable bonds is 5. The number of nitrogens with one attached hydrogen (secondary N) is 1. The predicted molar refractivity (Wildman–Crippen MR) is 119 cm³/mol. The van der Waals surface area contributed by atoms with E-state index in [1.54, 1.807) is 42.5 Å². The summed E-state index contributed by atoms with van der Waals surface area (Å²) in [7, 11) is 3.03. The van der Waals surface area contributed by atoms with Crippen LogP contribution >= 0.6 is 0 Å². The summed E-state index contributed by atoms with van der Waals surface area (Å²) in [5.74, 6) is 0.557. The number of hydrogen-bond donors (Lipinski definition) is 3. The molecule has 4 rings (SSSR count). The lowest BCUT2D eigenvalue weighted by Gasteiger charge is -2.12.